The summed E-state index contributed by atoms with van der Waals surface area (Å²) in [5, 5.41) is 16.2. The number of nitrogens with one attached hydrogen (secondary N) is 1. The Morgan fingerprint density at radius 3 is 2.53 bits per heavy atom. The summed E-state index contributed by atoms with van der Waals surface area (Å²) in [6.45, 7) is 5.22. The van der Waals surface area contributed by atoms with E-state index >= 15 is 0 Å². The summed E-state index contributed by atoms with van der Waals surface area (Å²) in [5.41, 5.74) is 0.987. The van der Waals surface area contributed by atoms with E-state index in [4.69, 9.17) is 16.3 Å². The van der Waals surface area contributed by atoms with Gasteiger partial charge in [0.2, 0.25) is 5.88 Å². The van der Waals surface area contributed by atoms with Crippen molar-refractivity contribution >= 4 is 23.5 Å². The van der Waals surface area contributed by atoms with E-state index in [-0.39, 0.29) is 17.0 Å². The fourth-order valence-corrected chi connectivity index (χ4v) is 3.81. The number of hydrogen-bond acceptors (Lipinski definition) is 4. The number of amides is 1. The van der Waals surface area contributed by atoms with E-state index in [9.17, 15) is 23.5 Å². The van der Waals surface area contributed by atoms with Gasteiger partial charge in [0.05, 0.1) is 11.6 Å². The van der Waals surface area contributed by atoms with Gasteiger partial charge < -0.3 is 15.2 Å². The number of carbonyl (C=O) groups is 2. The number of carboxylic acid groups (broad SMARTS) is 1. The van der Waals surface area contributed by atoms with Gasteiger partial charge in [-0.1, -0.05) is 30.7 Å². The number of carbonyl (C=O) groups excluding carboxylic acids is 1. The molecule has 1 amide bonds. The lowest BCUT2D eigenvalue weighted by Crippen LogP contribution is -2.28. The maximum absolute atomic E-state index is 13.7. The molecule has 0 fully saturated rings. The molecule has 0 spiro atoms. The summed E-state index contributed by atoms with van der Waals surface area (Å²) in [6.07, 6.45) is -2.37. The van der Waals surface area contributed by atoms with Crippen molar-refractivity contribution in [3.63, 3.8) is 0 Å². The van der Waals surface area contributed by atoms with Gasteiger partial charge in [0.25, 0.3) is 12.3 Å². The van der Waals surface area contributed by atoms with E-state index in [0.29, 0.717) is 28.3 Å². The zero-order valence-electron chi connectivity index (χ0n) is 19.0. The molecule has 1 unspecified atom stereocenters. The molecule has 0 bridgehead atoms. The predicted octanol–water partition coefficient (Wildman–Crippen LogP) is 5.86. The summed E-state index contributed by atoms with van der Waals surface area (Å²) in [7, 11) is 1.41. The summed E-state index contributed by atoms with van der Waals surface area (Å²) < 4.78 is 34.4. The molecule has 0 saturated heterocycles. The van der Waals surface area contributed by atoms with Crippen LogP contribution >= 0.6 is 11.6 Å². The van der Waals surface area contributed by atoms with Crippen molar-refractivity contribution in [1.29, 1.82) is 0 Å². The average Bonchev–Trinajstić information content (AvgIpc) is 3.11. The number of benzene rings is 2. The van der Waals surface area contributed by atoms with Crippen LogP contribution in [0.3, 0.4) is 0 Å². The van der Waals surface area contributed by atoms with Crippen molar-refractivity contribution < 1.29 is 28.2 Å². The van der Waals surface area contributed by atoms with Crippen molar-refractivity contribution in [2.45, 2.75) is 39.7 Å². The number of alkyl halides is 2. The minimum absolute atomic E-state index is 0.137. The Hall–Kier alpha value is -3.46. The molecule has 34 heavy (non-hydrogen) atoms. The van der Waals surface area contributed by atoms with Crippen LogP contribution < -0.4 is 10.1 Å². The highest BCUT2D eigenvalue weighted by Crippen LogP contribution is 2.34. The average molecular weight is 492 g/mol. The number of halogens is 3. The van der Waals surface area contributed by atoms with Crippen LogP contribution in [0, 0.1) is 6.92 Å². The lowest BCUT2D eigenvalue weighted by atomic mass is 10.0. The number of carboxylic acids is 1. The van der Waals surface area contributed by atoms with Gasteiger partial charge in [-0.15, -0.1) is 0 Å². The summed E-state index contributed by atoms with van der Waals surface area (Å²) in [6, 6.07) is 8.91. The number of aromatic nitrogens is 2. The van der Waals surface area contributed by atoms with Crippen molar-refractivity contribution in [2.75, 3.05) is 0 Å². The molecule has 2 N–H and O–H groups in total. The quantitative estimate of drug-likeness (QED) is 0.411. The van der Waals surface area contributed by atoms with Crippen LogP contribution in [0.1, 0.15) is 69.4 Å². The zero-order valence-corrected chi connectivity index (χ0v) is 19.8. The lowest BCUT2D eigenvalue weighted by Gasteiger charge is -2.17. The highest BCUT2D eigenvalue weighted by atomic mass is 35.5. The topological polar surface area (TPSA) is 93.4 Å². The SMILES string of the molecule is CCc1cc(Oc2c(C(=O)NC(C)c3ccc(C(=O)O)c(C)c3)c(C(F)F)nn2C)ccc1Cl. The molecule has 1 atom stereocenters. The third-order valence-electron chi connectivity index (χ3n) is 5.40. The third-order valence-corrected chi connectivity index (χ3v) is 5.77. The van der Waals surface area contributed by atoms with E-state index < -0.39 is 30.0 Å². The van der Waals surface area contributed by atoms with Crippen LogP contribution in [0.4, 0.5) is 8.78 Å². The second-order valence-corrected chi connectivity index (χ2v) is 8.18. The minimum Gasteiger partial charge on any atom is -0.478 e. The van der Waals surface area contributed by atoms with Gasteiger partial charge in [-0.2, -0.15) is 5.10 Å². The number of nitrogens with zero attached hydrogens (tertiary/aromatic N) is 2. The molecule has 180 valence electrons. The third kappa shape index (κ3) is 5.20. The second-order valence-electron chi connectivity index (χ2n) is 7.77. The number of hydrogen-bond donors (Lipinski definition) is 2. The highest BCUT2D eigenvalue weighted by molar-refractivity contribution is 6.31. The molecule has 2 aromatic carbocycles. The van der Waals surface area contributed by atoms with E-state index in [0.717, 1.165) is 10.2 Å². The summed E-state index contributed by atoms with van der Waals surface area (Å²) in [4.78, 5) is 24.4. The number of aryl methyl sites for hydroxylation is 3. The highest BCUT2D eigenvalue weighted by Gasteiger charge is 2.30. The van der Waals surface area contributed by atoms with Gasteiger partial charge in [0.1, 0.15) is 17.0 Å². The van der Waals surface area contributed by atoms with Gasteiger partial charge in [0.15, 0.2) is 0 Å². The summed E-state index contributed by atoms with van der Waals surface area (Å²) in [5.74, 6) is -1.67. The van der Waals surface area contributed by atoms with Crippen LogP contribution in [-0.2, 0) is 13.5 Å². The number of rotatable bonds is 8. The van der Waals surface area contributed by atoms with Crippen LogP contribution in [0.5, 0.6) is 11.6 Å². The van der Waals surface area contributed by atoms with Gasteiger partial charge >= 0.3 is 5.97 Å². The van der Waals surface area contributed by atoms with Crippen LogP contribution in [0.25, 0.3) is 0 Å². The first-order valence-electron chi connectivity index (χ1n) is 10.5. The Morgan fingerprint density at radius 2 is 1.94 bits per heavy atom. The Morgan fingerprint density at radius 1 is 1.24 bits per heavy atom. The van der Waals surface area contributed by atoms with Crippen molar-refractivity contribution in [3.05, 3.63) is 74.9 Å². The van der Waals surface area contributed by atoms with Crippen molar-refractivity contribution in [3.8, 4) is 11.6 Å². The molecule has 7 nitrogen and oxygen atoms in total. The number of aromatic carboxylic acids is 1. The van der Waals surface area contributed by atoms with Crippen molar-refractivity contribution in [1.82, 2.24) is 15.1 Å². The Balaban J connectivity index is 1.94. The molecule has 0 aliphatic heterocycles. The van der Waals surface area contributed by atoms with Crippen LogP contribution in [-0.4, -0.2) is 26.8 Å². The van der Waals surface area contributed by atoms with Gasteiger partial charge in [-0.05, 0) is 61.2 Å². The maximum atomic E-state index is 13.7. The first-order chi connectivity index (χ1) is 16.0. The van der Waals surface area contributed by atoms with Crippen molar-refractivity contribution in [2.24, 2.45) is 7.05 Å². The maximum Gasteiger partial charge on any atom is 0.335 e. The Labute approximate surface area is 200 Å². The standard InChI is InChI=1S/C24H24ClF2N3O4/c1-5-14-11-16(7-9-18(14)25)34-23-19(20(21(26)27)29-30(23)4)22(31)28-13(3)15-6-8-17(24(32)33)12(2)10-15/h6-11,13,21H,5H2,1-4H3,(H,28,31)(H,32,33). The van der Waals surface area contributed by atoms with Gasteiger partial charge in [-0.25, -0.2) is 18.3 Å². The van der Waals surface area contributed by atoms with Crippen LogP contribution in [0.15, 0.2) is 36.4 Å². The van der Waals surface area contributed by atoms with Crippen LogP contribution in [0.2, 0.25) is 5.02 Å². The number of ether oxygens (including phenoxy) is 1. The molecule has 1 heterocycles. The summed E-state index contributed by atoms with van der Waals surface area (Å²) >= 11 is 6.14. The zero-order chi connectivity index (χ0) is 25.2. The molecular formula is C24H24ClF2N3O4. The monoisotopic (exact) mass is 491 g/mol. The fraction of sp³-hybridized carbons (Fsp3) is 0.292. The van der Waals surface area contributed by atoms with E-state index in [1.807, 2.05) is 6.92 Å². The second kappa shape index (κ2) is 10.2. The fourth-order valence-electron chi connectivity index (χ4n) is 3.56. The minimum atomic E-state index is -3.01. The lowest BCUT2D eigenvalue weighted by molar-refractivity contribution is 0.0695. The normalized spacial score (nSPS) is 12.0. The van der Waals surface area contributed by atoms with E-state index in [2.05, 4.69) is 10.4 Å². The van der Waals surface area contributed by atoms with E-state index in [1.165, 1.54) is 13.1 Å². The smallest absolute Gasteiger partial charge is 0.335 e. The molecule has 3 aromatic rings. The van der Waals surface area contributed by atoms with Gasteiger partial charge in [0, 0.05) is 12.1 Å². The molecule has 3 rings (SSSR count). The molecule has 0 aliphatic carbocycles. The Bertz CT molecular complexity index is 1240. The molecule has 0 radical (unpaired) electrons. The molecule has 0 aliphatic rings. The first-order valence-corrected chi connectivity index (χ1v) is 10.9. The first kappa shape index (κ1) is 25.2. The predicted molar refractivity (Wildman–Crippen MR) is 123 cm³/mol. The largest absolute Gasteiger partial charge is 0.478 e. The van der Waals surface area contributed by atoms with E-state index in [1.54, 1.807) is 44.2 Å². The molecule has 1 aromatic heterocycles. The Kier molecular flexibility index (Phi) is 7.56. The molecule has 0 saturated carbocycles. The molecule has 10 heteroatoms. The van der Waals surface area contributed by atoms with Gasteiger partial charge in [-0.3, -0.25) is 4.79 Å². The molecular weight excluding hydrogens is 468 g/mol.